The van der Waals surface area contributed by atoms with Gasteiger partial charge in [-0.15, -0.1) is 0 Å². The fourth-order valence-corrected chi connectivity index (χ4v) is 4.19. The molecule has 1 aliphatic carbocycles. The number of rotatable bonds is 4. The first-order valence-electron chi connectivity index (χ1n) is 6.61. The Balaban J connectivity index is 1.96. The van der Waals surface area contributed by atoms with Gasteiger partial charge in [0.2, 0.25) is 0 Å². The minimum atomic E-state index is -0.985. The van der Waals surface area contributed by atoms with Gasteiger partial charge in [-0.25, -0.2) is 4.79 Å². The van der Waals surface area contributed by atoms with Gasteiger partial charge in [-0.05, 0) is 30.9 Å². The molecule has 3 atom stereocenters. The molecule has 0 saturated heterocycles. The van der Waals surface area contributed by atoms with Crippen LogP contribution in [0.1, 0.15) is 48.7 Å². The predicted octanol–water partition coefficient (Wildman–Crippen LogP) is 2.61. The Morgan fingerprint density at radius 1 is 1.47 bits per heavy atom. The number of hydrogen-bond acceptors (Lipinski definition) is 3. The summed E-state index contributed by atoms with van der Waals surface area (Å²) in [6.45, 7) is 2.21. The molecule has 3 unspecified atom stereocenters. The van der Waals surface area contributed by atoms with Gasteiger partial charge in [0.05, 0.1) is 17.0 Å². The number of aromatic nitrogens is 1. The summed E-state index contributed by atoms with van der Waals surface area (Å²) in [6, 6.07) is 3.18. The molecule has 2 rings (SSSR count). The first-order chi connectivity index (χ1) is 9.06. The van der Waals surface area contributed by atoms with Crippen LogP contribution in [0, 0.1) is 5.92 Å². The maximum atomic E-state index is 12.3. The van der Waals surface area contributed by atoms with Crippen molar-refractivity contribution in [2.75, 3.05) is 0 Å². The third-order valence-corrected chi connectivity index (χ3v) is 5.37. The molecule has 0 amide bonds. The van der Waals surface area contributed by atoms with Crippen molar-refractivity contribution in [2.24, 2.45) is 5.92 Å². The van der Waals surface area contributed by atoms with Crippen molar-refractivity contribution >= 4 is 16.8 Å². The van der Waals surface area contributed by atoms with E-state index in [1.807, 2.05) is 0 Å². The molecule has 1 aliphatic rings. The monoisotopic (exact) mass is 281 g/mol. The van der Waals surface area contributed by atoms with E-state index in [1.54, 1.807) is 6.07 Å². The van der Waals surface area contributed by atoms with E-state index in [2.05, 4.69) is 11.9 Å². The fraction of sp³-hybridized carbons (Fsp3) is 0.571. The van der Waals surface area contributed by atoms with E-state index >= 15 is 0 Å². The van der Waals surface area contributed by atoms with Crippen LogP contribution in [0.2, 0.25) is 0 Å². The highest BCUT2D eigenvalue weighted by Crippen LogP contribution is 2.27. The lowest BCUT2D eigenvalue weighted by Crippen LogP contribution is -2.24. The molecular weight excluding hydrogens is 262 g/mol. The molecule has 1 aromatic heterocycles. The highest BCUT2D eigenvalue weighted by Gasteiger charge is 2.24. The average Bonchev–Trinajstić information content (AvgIpc) is 2.39. The minimum Gasteiger partial charge on any atom is -0.478 e. The Labute approximate surface area is 115 Å². The van der Waals surface area contributed by atoms with E-state index in [0.29, 0.717) is 17.4 Å². The zero-order valence-corrected chi connectivity index (χ0v) is 11.9. The van der Waals surface area contributed by atoms with E-state index in [1.165, 1.54) is 18.7 Å². The van der Waals surface area contributed by atoms with Crippen molar-refractivity contribution in [3.8, 4) is 0 Å². The Bertz CT molecular complexity index is 472. The number of carboxylic acid groups (broad SMARTS) is 1. The van der Waals surface area contributed by atoms with E-state index < -0.39 is 16.8 Å². The van der Waals surface area contributed by atoms with Gasteiger partial charge in [-0.3, -0.25) is 9.19 Å². The lowest BCUT2D eigenvalue weighted by Gasteiger charge is -2.25. The van der Waals surface area contributed by atoms with Crippen molar-refractivity contribution in [3.05, 3.63) is 29.6 Å². The number of carboxylic acids is 1. The maximum Gasteiger partial charge on any atom is 0.337 e. The smallest absolute Gasteiger partial charge is 0.337 e. The quantitative estimate of drug-likeness (QED) is 0.921. The number of carbonyl (C=O) groups is 1. The summed E-state index contributed by atoms with van der Waals surface area (Å²) >= 11 is 0. The Kier molecular flexibility index (Phi) is 4.69. The Morgan fingerprint density at radius 3 is 2.84 bits per heavy atom. The largest absolute Gasteiger partial charge is 0.478 e. The van der Waals surface area contributed by atoms with Crippen LogP contribution in [0.15, 0.2) is 18.3 Å². The van der Waals surface area contributed by atoms with Crippen LogP contribution in [-0.4, -0.2) is 25.5 Å². The summed E-state index contributed by atoms with van der Waals surface area (Å²) in [6.07, 6.45) is 5.78. The van der Waals surface area contributed by atoms with E-state index in [-0.39, 0.29) is 10.8 Å². The van der Waals surface area contributed by atoms with E-state index in [9.17, 15) is 9.00 Å². The lowest BCUT2D eigenvalue weighted by atomic mass is 9.91. The van der Waals surface area contributed by atoms with Crippen LogP contribution in [0.4, 0.5) is 0 Å². The Hall–Kier alpha value is -1.23. The summed E-state index contributed by atoms with van der Waals surface area (Å²) in [5, 5.41) is 9.06. The van der Waals surface area contributed by atoms with Gasteiger partial charge in [0.1, 0.15) is 0 Å². The van der Waals surface area contributed by atoms with Crippen LogP contribution in [-0.2, 0) is 16.6 Å². The van der Waals surface area contributed by atoms with Crippen LogP contribution in [0.5, 0.6) is 0 Å². The molecule has 104 valence electrons. The number of aromatic carboxylic acids is 1. The van der Waals surface area contributed by atoms with Crippen LogP contribution >= 0.6 is 0 Å². The molecule has 5 heteroatoms. The summed E-state index contributed by atoms with van der Waals surface area (Å²) in [7, 11) is -0.905. The minimum absolute atomic E-state index is 0.167. The van der Waals surface area contributed by atoms with Gasteiger partial charge < -0.3 is 5.11 Å². The molecule has 1 aromatic rings. The highest BCUT2D eigenvalue weighted by atomic mass is 32.2. The van der Waals surface area contributed by atoms with Crippen LogP contribution < -0.4 is 0 Å². The second-order valence-corrected chi connectivity index (χ2v) is 6.98. The van der Waals surface area contributed by atoms with Gasteiger partial charge in [0.25, 0.3) is 0 Å². The summed E-state index contributed by atoms with van der Waals surface area (Å²) < 4.78 is 12.3. The fourth-order valence-electron chi connectivity index (χ4n) is 2.52. The summed E-state index contributed by atoms with van der Waals surface area (Å²) in [5.74, 6) is 0.100. The third-order valence-electron chi connectivity index (χ3n) is 3.62. The SMILES string of the molecule is CC1CCCC(S(=O)Cc2ccc(C(=O)O)cn2)C1. The van der Waals surface area contributed by atoms with Crippen molar-refractivity contribution in [2.45, 2.75) is 43.6 Å². The molecule has 0 aromatic carbocycles. The van der Waals surface area contributed by atoms with Gasteiger partial charge in [0, 0.05) is 22.2 Å². The molecule has 0 spiro atoms. The molecule has 19 heavy (non-hydrogen) atoms. The van der Waals surface area contributed by atoms with Crippen molar-refractivity contribution in [3.63, 3.8) is 0 Å². The normalized spacial score (nSPS) is 24.9. The maximum absolute atomic E-state index is 12.3. The van der Waals surface area contributed by atoms with Crippen molar-refractivity contribution in [1.29, 1.82) is 0 Å². The summed E-state index contributed by atoms with van der Waals surface area (Å²) in [4.78, 5) is 14.8. The standard InChI is InChI=1S/C14H19NO3S/c1-10-3-2-4-13(7-10)19(18)9-12-6-5-11(8-15-12)14(16)17/h5-6,8,10,13H,2-4,7,9H2,1H3,(H,16,17). The Morgan fingerprint density at radius 2 is 2.26 bits per heavy atom. The molecule has 1 N–H and O–H groups in total. The topological polar surface area (TPSA) is 67.3 Å². The molecule has 1 fully saturated rings. The lowest BCUT2D eigenvalue weighted by molar-refractivity contribution is 0.0696. The van der Waals surface area contributed by atoms with Gasteiger partial charge in [0.15, 0.2) is 0 Å². The molecule has 1 heterocycles. The molecular formula is C14H19NO3S. The molecule has 0 radical (unpaired) electrons. The van der Waals surface area contributed by atoms with Crippen molar-refractivity contribution in [1.82, 2.24) is 4.98 Å². The average molecular weight is 281 g/mol. The second-order valence-electron chi connectivity index (χ2n) is 5.26. The number of nitrogens with zero attached hydrogens (tertiary/aromatic N) is 1. The van der Waals surface area contributed by atoms with Gasteiger partial charge >= 0.3 is 5.97 Å². The number of pyridine rings is 1. The zero-order chi connectivity index (χ0) is 13.8. The van der Waals surface area contributed by atoms with E-state index in [4.69, 9.17) is 5.11 Å². The van der Waals surface area contributed by atoms with E-state index in [0.717, 1.165) is 19.3 Å². The van der Waals surface area contributed by atoms with Crippen LogP contribution in [0.3, 0.4) is 0 Å². The third kappa shape index (κ3) is 3.86. The zero-order valence-electron chi connectivity index (χ0n) is 11.0. The van der Waals surface area contributed by atoms with Crippen LogP contribution in [0.25, 0.3) is 0 Å². The molecule has 0 aliphatic heterocycles. The second kappa shape index (κ2) is 6.28. The van der Waals surface area contributed by atoms with Gasteiger partial charge in [-0.1, -0.05) is 19.8 Å². The number of hydrogen-bond donors (Lipinski definition) is 1. The summed E-state index contributed by atoms with van der Waals surface area (Å²) in [5.41, 5.74) is 0.877. The van der Waals surface area contributed by atoms with Crippen molar-refractivity contribution < 1.29 is 14.1 Å². The predicted molar refractivity (Wildman–Crippen MR) is 74.5 cm³/mol. The first-order valence-corrected chi connectivity index (χ1v) is 8.00. The van der Waals surface area contributed by atoms with Gasteiger partial charge in [-0.2, -0.15) is 0 Å². The first kappa shape index (κ1) is 14.2. The molecule has 4 nitrogen and oxygen atoms in total. The highest BCUT2D eigenvalue weighted by molar-refractivity contribution is 7.84. The molecule has 0 bridgehead atoms. The molecule has 1 saturated carbocycles.